The Morgan fingerprint density at radius 3 is 2.05 bits per heavy atom. The average Bonchev–Trinajstić information content (AvgIpc) is 3.44. The van der Waals surface area contributed by atoms with Crippen molar-refractivity contribution in [1.29, 1.82) is 0 Å². The van der Waals surface area contributed by atoms with E-state index in [4.69, 9.17) is 40.0 Å². The van der Waals surface area contributed by atoms with Crippen molar-refractivity contribution >= 4 is 27.5 Å². The van der Waals surface area contributed by atoms with Gasteiger partial charge in [-0.2, -0.15) is 0 Å². The van der Waals surface area contributed by atoms with Crippen LogP contribution in [-0.4, -0.2) is 64.1 Å². The number of halogens is 2. The van der Waals surface area contributed by atoms with Crippen LogP contribution in [0.2, 0.25) is 5.02 Å². The number of alkyl halides is 1. The maximum absolute atomic E-state index is 6.97. The van der Waals surface area contributed by atoms with Crippen LogP contribution in [0, 0.1) is 0 Å². The van der Waals surface area contributed by atoms with Crippen LogP contribution in [0.5, 0.6) is 5.75 Å². The van der Waals surface area contributed by atoms with Gasteiger partial charge in [0.1, 0.15) is 36.3 Å². The van der Waals surface area contributed by atoms with Crippen LogP contribution >= 0.6 is 27.5 Å². The molecule has 8 heteroatoms. The molecule has 0 amide bonds. The zero-order valence-corrected chi connectivity index (χ0v) is 26.8. The van der Waals surface area contributed by atoms with Gasteiger partial charge in [-0.1, -0.05) is 87.0 Å². The summed E-state index contributed by atoms with van der Waals surface area (Å²) < 4.78 is 39.0. The van der Waals surface area contributed by atoms with Crippen molar-refractivity contribution in [1.82, 2.24) is 0 Å². The van der Waals surface area contributed by atoms with E-state index in [0.29, 0.717) is 50.0 Å². The van der Waals surface area contributed by atoms with Gasteiger partial charge in [-0.25, -0.2) is 0 Å². The van der Waals surface area contributed by atoms with E-state index in [-0.39, 0.29) is 30.5 Å². The molecule has 1 saturated heterocycles. The summed E-state index contributed by atoms with van der Waals surface area (Å²) in [6.45, 7) is 12.5. The number of hydrogen-bond acceptors (Lipinski definition) is 6. The van der Waals surface area contributed by atoms with Crippen molar-refractivity contribution in [2.75, 3.05) is 39.6 Å². The molecule has 2 heterocycles. The highest BCUT2D eigenvalue weighted by molar-refractivity contribution is 9.08. The largest absolute Gasteiger partial charge is 0.491 e. The second-order valence-electron chi connectivity index (χ2n) is 10.6. The summed E-state index contributed by atoms with van der Waals surface area (Å²) in [5.74, 6) is 0.778. The molecular formula is C31H50BrClO6. The fourth-order valence-electron chi connectivity index (χ4n) is 5.17. The van der Waals surface area contributed by atoms with Gasteiger partial charge in [0.2, 0.25) is 0 Å². The van der Waals surface area contributed by atoms with Gasteiger partial charge in [-0.05, 0) is 36.8 Å². The Balaban J connectivity index is 2.03. The Morgan fingerprint density at radius 1 is 0.846 bits per heavy atom. The number of benzene rings is 1. The van der Waals surface area contributed by atoms with Gasteiger partial charge in [0, 0.05) is 43.7 Å². The summed E-state index contributed by atoms with van der Waals surface area (Å²) in [5.41, 5.74) is 3.18. The second kappa shape index (κ2) is 18.2. The molecule has 6 nitrogen and oxygen atoms in total. The van der Waals surface area contributed by atoms with Crippen molar-refractivity contribution in [2.45, 2.75) is 121 Å². The van der Waals surface area contributed by atoms with Crippen molar-refractivity contribution in [2.24, 2.45) is 0 Å². The van der Waals surface area contributed by atoms with Crippen LogP contribution in [0.15, 0.2) is 6.07 Å². The standard InChI is InChI=1S/C31H50BrClO6/c1-5-9-14-34-21-25-29(35-15-10-6-2)31(37-17-12-8-4)30(36-16-11-7-3)28(39-25)24-19-22(20-32)26(33)27-23(24)13-18-38-27/h19,25,28-31H,5-18,20-21H2,1-4H3/t25-,28+,29-,30+,31+/m1/s1. The molecule has 0 saturated carbocycles. The molecule has 1 fully saturated rings. The van der Waals surface area contributed by atoms with E-state index in [1.54, 1.807) is 0 Å². The third-order valence-corrected chi connectivity index (χ3v) is 8.48. The summed E-state index contributed by atoms with van der Waals surface area (Å²) in [5, 5.41) is 1.31. The van der Waals surface area contributed by atoms with Crippen LogP contribution < -0.4 is 4.74 Å². The first-order valence-electron chi connectivity index (χ1n) is 15.2. The van der Waals surface area contributed by atoms with Crippen LogP contribution in [0.25, 0.3) is 0 Å². The molecule has 0 unspecified atom stereocenters. The molecule has 5 atom stereocenters. The number of unbranched alkanes of at least 4 members (excludes halogenated alkanes) is 4. The molecular weight excluding hydrogens is 584 g/mol. The smallest absolute Gasteiger partial charge is 0.141 e. The van der Waals surface area contributed by atoms with Crippen LogP contribution in [0.3, 0.4) is 0 Å². The predicted octanol–water partition coefficient (Wildman–Crippen LogP) is 7.98. The molecule has 0 aromatic heterocycles. The van der Waals surface area contributed by atoms with Gasteiger partial charge in [0.05, 0.1) is 18.2 Å². The predicted molar refractivity (Wildman–Crippen MR) is 161 cm³/mol. The van der Waals surface area contributed by atoms with E-state index < -0.39 is 0 Å². The van der Waals surface area contributed by atoms with E-state index >= 15 is 0 Å². The van der Waals surface area contributed by atoms with Crippen molar-refractivity contribution in [3.63, 3.8) is 0 Å². The van der Waals surface area contributed by atoms with Gasteiger partial charge in [-0.15, -0.1) is 0 Å². The lowest BCUT2D eigenvalue weighted by molar-refractivity contribution is -0.268. The summed E-state index contributed by atoms with van der Waals surface area (Å²) >= 11 is 10.4. The third kappa shape index (κ3) is 9.04. The van der Waals surface area contributed by atoms with Crippen molar-refractivity contribution in [3.05, 3.63) is 27.8 Å². The topological polar surface area (TPSA) is 55.4 Å². The van der Waals surface area contributed by atoms with E-state index in [1.165, 1.54) is 0 Å². The molecule has 0 N–H and O–H groups in total. The Labute approximate surface area is 249 Å². The maximum atomic E-state index is 6.97. The average molecular weight is 634 g/mol. The SMILES string of the molecule is CCCCOC[C@H]1O[C@@H](c2cc(CBr)c(Cl)c3c2CCO3)[C@H](OCCCC)[C@@H](OCCCC)[C@@H]1OCCCC. The number of fused-ring (bicyclic) bond motifs is 1. The normalized spacial score (nSPS) is 24.6. The summed E-state index contributed by atoms with van der Waals surface area (Å²) in [4.78, 5) is 0. The van der Waals surface area contributed by atoms with Gasteiger partial charge in [-0.3, -0.25) is 0 Å². The van der Waals surface area contributed by atoms with Crippen LogP contribution in [-0.2, 0) is 35.4 Å². The zero-order chi connectivity index (χ0) is 28.0. The molecule has 2 aliphatic heterocycles. The van der Waals surface area contributed by atoms with Crippen molar-refractivity contribution < 1.29 is 28.4 Å². The van der Waals surface area contributed by atoms with Gasteiger partial charge in [0.15, 0.2) is 0 Å². The third-order valence-electron chi connectivity index (χ3n) is 7.47. The lowest BCUT2D eigenvalue weighted by atomic mass is 9.87. The van der Waals surface area contributed by atoms with Crippen LogP contribution in [0.1, 0.15) is 102 Å². The molecule has 0 aliphatic carbocycles. The van der Waals surface area contributed by atoms with Gasteiger partial charge < -0.3 is 28.4 Å². The first-order valence-corrected chi connectivity index (χ1v) is 16.7. The van der Waals surface area contributed by atoms with Crippen LogP contribution in [0.4, 0.5) is 0 Å². The Morgan fingerprint density at radius 2 is 1.44 bits per heavy atom. The molecule has 224 valence electrons. The van der Waals surface area contributed by atoms with E-state index in [1.807, 2.05) is 0 Å². The first-order chi connectivity index (χ1) is 19.1. The fourth-order valence-corrected chi connectivity index (χ4v) is 6.07. The lowest BCUT2D eigenvalue weighted by Gasteiger charge is -2.47. The molecule has 1 aromatic carbocycles. The minimum absolute atomic E-state index is 0.273. The molecule has 0 bridgehead atoms. The Bertz CT molecular complexity index is 840. The summed E-state index contributed by atoms with van der Waals surface area (Å²) in [7, 11) is 0. The zero-order valence-electron chi connectivity index (χ0n) is 24.5. The van der Waals surface area contributed by atoms with Gasteiger partial charge in [0.25, 0.3) is 0 Å². The van der Waals surface area contributed by atoms with Gasteiger partial charge >= 0.3 is 0 Å². The van der Waals surface area contributed by atoms with E-state index in [0.717, 1.165) is 80.2 Å². The number of rotatable bonds is 19. The highest BCUT2D eigenvalue weighted by Crippen LogP contribution is 2.46. The monoisotopic (exact) mass is 632 g/mol. The quantitative estimate of drug-likeness (QED) is 0.114. The maximum Gasteiger partial charge on any atom is 0.141 e. The Hall–Kier alpha value is -0.410. The molecule has 3 rings (SSSR count). The van der Waals surface area contributed by atoms with E-state index in [2.05, 4.69) is 49.7 Å². The highest BCUT2D eigenvalue weighted by atomic mass is 79.9. The summed E-state index contributed by atoms with van der Waals surface area (Å²) in [6, 6.07) is 2.17. The first kappa shape index (κ1) is 33.1. The summed E-state index contributed by atoms with van der Waals surface area (Å²) in [6.07, 6.45) is 7.57. The molecule has 2 aliphatic rings. The molecule has 0 radical (unpaired) electrons. The molecule has 0 spiro atoms. The Kier molecular flexibility index (Phi) is 15.4. The molecule has 39 heavy (non-hydrogen) atoms. The number of hydrogen-bond donors (Lipinski definition) is 0. The minimum Gasteiger partial charge on any atom is -0.491 e. The minimum atomic E-state index is -0.343. The lowest BCUT2D eigenvalue weighted by Crippen LogP contribution is -2.58. The highest BCUT2D eigenvalue weighted by Gasteiger charge is 2.49. The van der Waals surface area contributed by atoms with Crippen molar-refractivity contribution in [3.8, 4) is 5.75 Å². The second-order valence-corrected chi connectivity index (χ2v) is 11.5. The van der Waals surface area contributed by atoms with E-state index in [9.17, 15) is 0 Å². The molecule has 1 aromatic rings. The number of ether oxygens (including phenoxy) is 6. The fraction of sp³-hybridized carbons (Fsp3) is 0.806.